The number of unbranched alkanes of at least 4 members (excludes halogenated alkanes) is 1. The van der Waals surface area contributed by atoms with Crippen molar-refractivity contribution in [3.8, 4) is 22.7 Å². The van der Waals surface area contributed by atoms with Crippen LogP contribution < -0.4 is 5.73 Å². The normalized spacial score (nSPS) is 11.4. The minimum absolute atomic E-state index is 0.258. The van der Waals surface area contributed by atoms with Gasteiger partial charge in [0.25, 0.3) is 0 Å². The third-order valence-corrected chi connectivity index (χ3v) is 5.51. The second-order valence-electron chi connectivity index (χ2n) is 7.54. The van der Waals surface area contributed by atoms with Crippen LogP contribution in [0.4, 0.5) is 5.95 Å². The molecule has 0 unspecified atom stereocenters. The Hall–Kier alpha value is -3.66. The number of nitrogen functional groups attached to an aromatic ring is 1. The number of para-hydroxylation sites is 1. The predicted molar refractivity (Wildman–Crippen MR) is 123 cm³/mol. The van der Waals surface area contributed by atoms with E-state index in [2.05, 4.69) is 54.4 Å². The van der Waals surface area contributed by atoms with Crippen molar-refractivity contribution in [3.63, 3.8) is 0 Å². The van der Waals surface area contributed by atoms with Crippen molar-refractivity contribution in [3.05, 3.63) is 78.4 Å². The van der Waals surface area contributed by atoms with Crippen molar-refractivity contribution in [2.24, 2.45) is 0 Å². The van der Waals surface area contributed by atoms with E-state index < -0.39 is 0 Å². The molecule has 0 atom stereocenters. The summed E-state index contributed by atoms with van der Waals surface area (Å²) in [6.07, 6.45) is 2.99. The molecule has 0 spiro atoms. The van der Waals surface area contributed by atoms with Crippen LogP contribution in [0.15, 0.2) is 77.2 Å². The molecule has 0 radical (unpaired) electrons. The molecule has 0 fully saturated rings. The van der Waals surface area contributed by atoms with Crippen molar-refractivity contribution in [1.82, 2.24) is 9.97 Å². The van der Waals surface area contributed by atoms with Crippen LogP contribution in [0.5, 0.6) is 0 Å². The van der Waals surface area contributed by atoms with E-state index in [0.29, 0.717) is 0 Å². The standard InChI is InChI=1S/C26H23N3O/c1-2-3-12-21-24(20-14-8-11-17-9-4-6-13-19(17)20)28-26(27)29-25(21)23-16-18-10-5-7-15-22(18)30-23/h4-11,13-16H,2-3,12H2,1H3,(H2,27,28,29). The molecule has 0 amide bonds. The lowest BCUT2D eigenvalue weighted by molar-refractivity contribution is 0.626. The summed E-state index contributed by atoms with van der Waals surface area (Å²) in [7, 11) is 0. The van der Waals surface area contributed by atoms with Crippen molar-refractivity contribution < 1.29 is 4.42 Å². The molecule has 148 valence electrons. The van der Waals surface area contributed by atoms with Crippen LogP contribution in [-0.4, -0.2) is 9.97 Å². The lowest BCUT2D eigenvalue weighted by Gasteiger charge is -2.15. The SMILES string of the molecule is CCCCc1c(-c2cc3ccccc3o2)nc(N)nc1-c1cccc2ccccc12. The fourth-order valence-electron chi connectivity index (χ4n) is 4.05. The zero-order valence-corrected chi connectivity index (χ0v) is 16.9. The van der Waals surface area contributed by atoms with Crippen LogP contribution in [0.1, 0.15) is 25.3 Å². The highest BCUT2D eigenvalue weighted by Crippen LogP contribution is 2.37. The first-order valence-corrected chi connectivity index (χ1v) is 10.4. The molecule has 30 heavy (non-hydrogen) atoms. The summed E-state index contributed by atoms with van der Waals surface area (Å²) in [6, 6.07) is 24.7. The molecule has 5 rings (SSSR count). The first kappa shape index (κ1) is 18.4. The molecule has 2 heterocycles. The van der Waals surface area contributed by atoms with Gasteiger partial charge >= 0.3 is 0 Å². The van der Waals surface area contributed by atoms with E-state index in [9.17, 15) is 0 Å². The Morgan fingerprint density at radius 1 is 0.833 bits per heavy atom. The number of nitrogens with two attached hydrogens (primary N) is 1. The van der Waals surface area contributed by atoms with Crippen LogP contribution in [0.25, 0.3) is 44.5 Å². The van der Waals surface area contributed by atoms with Gasteiger partial charge < -0.3 is 10.2 Å². The second kappa shape index (κ2) is 7.64. The number of nitrogens with zero attached hydrogens (tertiary/aromatic N) is 2. The Bertz CT molecular complexity index is 1320. The van der Waals surface area contributed by atoms with Crippen LogP contribution in [0, 0.1) is 0 Å². The van der Waals surface area contributed by atoms with E-state index in [1.807, 2.05) is 30.3 Å². The fourth-order valence-corrected chi connectivity index (χ4v) is 4.05. The smallest absolute Gasteiger partial charge is 0.221 e. The highest BCUT2D eigenvalue weighted by Gasteiger charge is 2.20. The zero-order valence-electron chi connectivity index (χ0n) is 16.9. The van der Waals surface area contributed by atoms with E-state index in [1.54, 1.807) is 0 Å². The number of hydrogen-bond acceptors (Lipinski definition) is 4. The molecule has 0 aliphatic heterocycles. The molecule has 2 aromatic heterocycles. The Morgan fingerprint density at radius 3 is 2.40 bits per heavy atom. The first-order valence-electron chi connectivity index (χ1n) is 10.4. The molecular formula is C26H23N3O. The largest absolute Gasteiger partial charge is 0.454 e. The van der Waals surface area contributed by atoms with E-state index in [0.717, 1.165) is 63.9 Å². The summed E-state index contributed by atoms with van der Waals surface area (Å²) in [5.74, 6) is 0.992. The molecule has 0 bridgehead atoms. The summed E-state index contributed by atoms with van der Waals surface area (Å²) in [6.45, 7) is 2.19. The van der Waals surface area contributed by atoms with E-state index in [4.69, 9.17) is 15.1 Å². The van der Waals surface area contributed by atoms with E-state index >= 15 is 0 Å². The third kappa shape index (κ3) is 3.20. The molecule has 2 N–H and O–H groups in total. The Labute approximate surface area is 175 Å². The Kier molecular flexibility index (Phi) is 4.68. The number of rotatable bonds is 5. The number of furan rings is 1. The van der Waals surface area contributed by atoms with Gasteiger partial charge in [-0.15, -0.1) is 0 Å². The molecule has 0 aliphatic rings. The molecule has 0 saturated carbocycles. The Morgan fingerprint density at radius 2 is 1.57 bits per heavy atom. The lowest BCUT2D eigenvalue weighted by Crippen LogP contribution is -2.05. The summed E-state index contributed by atoms with van der Waals surface area (Å²) in [4.78, 5) is 9.34. The van der Waals surface area contributed by atoms with E-state index in [-0.39, 0.29) is 5.95 Å². The minimum Gasteiger partial charge on any atom is -0.454 e. The number of aromatic nitrogens is 2. The summed E-state index contributed by atoms with van der Waals surface area (Å²) < 4.78 is 6.16. The second-order valence-corrected chi connectivity index (χ2v) is 7.54. The Balaban J connectivity index is 1.79. The number of benzene rings is 3. The van der Waals surface area contributed by atoms with Gasteiger partial charge in [0.2, 0.25) is 5.95 Å². The van der Waals surface area contributed by atoms with Gasteiger partial charge in [-0.3, -0.25) is 0 Å². The molecule has 4 heteroatoms. The van der Waals surface area contributed by atoms with Gasteiger partial charge in [0, 0.05) is 16.5 Å². The molecular weight excluding hydrogens is 370 g/mol. The molecule has 4 nitrogen and oxygen atoms in total. The average Bonchev–Trinajstić information content (AvgIpc) is 3.21. The van der Waals surface area contributed by atoms with Crippen molar-refractivity contribution >= 4 is 27.7 Å². The number of anilines is 1. The highest BCUT2D eigenvalue weighted by molar-refractivity contribution is 5.97. The van der Waals surface area contributed by atoms with Crippen molar-refractivity contribution in [2.75, 3.05) is 5.73 Å². The van der Waals surface area contributed by atoms with Crippen LogP contribution in [0.2, 0.25) is 0 Å². The van der Waals surface area contributed by atoms with Gasteiger partial charge in [-0.25, -0.2) is 9.97 Å². The third-order valence-electron chi connectivity index (χ3n) is 5.51. The summed E-state index contributed by atoms with van der Waals surface area (Å²) >= 11 is 0. The van der Waals surface area contributed by atoms with Crippen LogP contribution in [0.3, 0.4) is 0 Å². The van der Waals surface area contributed by atoms with Gasteiger partial charge in [0.05, 0.1) is 5.69 Å². The number of hydrogen-bond donors (Lipinski definition) is 1. The first-order chi connectivity index (χ1) is 14.7. The van der Waals surface area contributed by atoms with E-state index in [1.165, 1.54) is 5.39 Å². The molecule has 5 aromatic rings. The summed E-state index contributed by atoms with van der Waals surface area (Å²) in [5, 5.41) is 3.39. The zero-order chi connectivity index (χ0) is 20.5. The maximum Gasteiger partial charge on any atom is 0.221 e. The highest BCUT2D eigenvalue weighted by atomic mass is 16.3. The lowest BCUT2D eigenvalue weighted by atomic mass is 9.95. The van der Waals surface area contributed by atoms with Gasteiger partial charge in [0.1, 0.15) is 11.3 Å². The molecule has 0 aliphatic carbocycles. The minimum atomic E-state index is 0.258. The van der Waals surface area contributed by atoms with Gasteiger partial charge in [-0.05, 0) is 35.7 Å². The molecule has 3 aromatic carbocycles. The van der Waals surface area contributed by atoms with Gasteiger partial charge in [0.15, 0.2) is 5.76 Å². The van der Waals surface area contributed by atoms with Crippen molar-refractivity contribution in [2.45, 2.75) is 26.2 Å². The van der Waals surface area contributed by atoms with Gasteiger partial charge in [-0.2, -0.15) is 0 Å². The quantitative estimate of drug-likeness (QED) is 0.364. The maximum atomic E-state index is 6.21. The average molecular weight is 393 g/mol. The predicted octanol–water partition coefficient (Wildman–Crippen LogP) is 6.63. The fraction of sp³-hybridized carbons (Fsp3) is 0.154. The van der Waals surface area contributed by atoms with Crippen LogP contribution in [-0.2, 0) is 6.42 Å². The number of fused-ring (bicyclic) bond motifs is 2. The van der Waals surface area contributed by atoms with Crippen LogP contribution >= 0.6 is 0 Å². The topological polar surface area (TPSA) is 64.9 Å². The van der Waals surface area contributed by atoms with Crippen molar-refractivity contribution in [1.29, 1.82) is 0 Å². The maximum absolute atomic E-state index is 6.21. The summed E-state index contributed by atoms with van der Waals surface area (Å²) in [5.41, 5.74) is 10.9. The molecule has 0 saturated heterocycles. The van der Waals surface area contributed by atoms with Gasteiger partial charge in [-0.1, -0.05) is 74.0 Å². The monoisotopic (exact) mass is 393 g/mol.